The molecule has 6 nitrogen and oxygen atoms in total. The van der Waals surface area contributed by atoms with Gasteiger partial charge in [-0.1, -0.05) is 36.4 Å². The monoisotopic (exact) mass is 431 g/mol. The highest BCUT2D eigenvalue weighted by atomic mass is 32.1. The van der Waals surface area contributed by atoms with Crippen LogP contribution < -0.4 is 10.5 Å². The summed E-state index contributed by atoms with van der Waals surface area (Å²) < 4.78 is 10.7. The van der Waals surface area contributed by atoms with Gasteiger partial charge >= 0.3 is 5.97 Å². The molecule has 2 aromatic heterocycles. The van der Waals surface area contributed by atoms with Gasteiger partial charge in [0.25, 0.3) is 0 Å². The highest BCUT2D eigenvalue weighted by molar-refractivity contribution is 7.15. The number of methoxy groups -OCH3 is 1. The molecule has 0 aliphatic carbocycles. The van der Waals surface area contributed by atoms with Gasteiger partial charge < -0.3 is 15.2 Å². The number of pyridine rings is 1. The van der Waals surface area contributed by atoms with Crippen molar-refractivity contribution < 1.29 is 14.3 Å². The van der Waals surface area contributed by atoms with Gasteiger partial charge in [-0.25, -0.2) is 9.78 Å². The summed E-state index contributed by atoms with van der Waals surface area (Å²) >= 11 is 1.37. The Labute approximate surface area is 184 Å². The maximum Gasteiger partial charge on any atom is 0.330 e. The third kappa shape index (κ3) is 4.79. The van der Waals surface area contributed by atoms with Crippen molar-refractivity contribution >= 4 is 17.3 Å². The quantitative estimate of drug-likeness (QED) is 0.430. The number of nitrogens with two attached hydrogens (primary N) is 1. The molecule has 0 aliphatic heterocycles. The Balaban J connectivity index is 1.63. The van der Waals surface area contributed by atoms with Gasteiger partial charge in [0, 0.05) is 23.5 Å². The van der Waals surface area contributed by atoms with Gasteiger partial charge in [0.15, 0.2) is 6.04 Å². The van der Waals surface area contributed by atoms with Crippen LogP contribution >= 0.6 is 11.3 Å². The Morgan fingerprint density at radius 1 is 1.03 bits per heavy atom. The highest BCUT2D eigenvalue weighted by Crippen LogP contribution is 2.38. The predicted octanol–water partition coefficient (Wildman–Crippen LogP) is 4.62. The van der Waals surface area contributed by atoms with Crippen molar-refractivity contribution in [3.8, 4) is 27.4 Å². The lowest BCUT2D eigenvalue weighted by Crippen LogP contribution is -2.23. The van der Waals surface area contributed by atoms with Crippen molar-refractivity contribution in [3.63, 3.8) is 0 Å². The first-order valence-electron chi connectivity index (χ1n) is 9.67. The molecule has 2 heterocycles. The first-order chi connectivity index (χ1) is 15.2. The van der Waals surface area contributed by atoms with E-state index in [1.807, 2.05) is 66.7 Å². The number of esters is 1. The Bertz CT molecular complexity index is 1150. The fraction of sp³-hybridized carbons (Fsp3) is 0.125. The molecular formula is C24H21N3O3S. The lowest BCUT2D eigenvalue weighted by atomic mass is 10.1. The summed E-state index contributed by atoms with van der Waals surface area (Å²) in [7, 11) is 1.62. The molecule has 4 rings (SSSR count). The fourth-order valence-electron chi connectivity index (χ4n) is 3.03. The minimum atomic E-state index is -0.976. The molecule has 0 aliphatic rings. The Morgan fingerprint density at radius 3 is 2.48 bits per heavy atom. The number of carbonyl (C=O) groups is 1. The number of ether oxygens (including phenoxy) is 2. The molecule has 0 spiro atoms. The molecule has 7 heteroatoms. The summed E-state index contributed by atoms with van der Waals surface area (Å²) in [6, 6.07) is 19.9. The number of rotatable bonds is 7. The third-order valence-electron chi connectivity index (χ3n) is 4.67. The van der Waals surface area contributed by atoms with Crippen LogP contribution in [0.4, 0.5) is 0 Å². The summed E-state index contributed by atoms with van der Waals surface area (Å²) in [6.07, 6.45) is 3.48. The molecule has 31 heavy (non-hydrogen) atoms. The third-order valence-corrected chi connectivity index (χ3v) is 5.86. The van der Waals surface area contributed by atoms with Crippen LogP contribution in [-0.4, -0.2) is 23.0 Å². The summed E-state index contributed by atoms with van der Waals surface area (Å²) in [5.74, 6) is 0.236. The number of aromatic nitrogens is 2. The lowest BCUT2D eigenvalue weighted by molar-refractivity contribution is -0.146. The summed E-state index contributed by atoms with van der Waals surface area (Å²) in [5, 5.41) is 0.489. The van der Waals surface area contributed by atoms with Crippen molar-refractivity contribution in [1.29, 1.82) is 0 Å². The van der Waals surface area contributed by atoms with Crippen molar-refractivity contribution in [2.45, 2.75) is 12.6 Å². The molecular weight excluding hydrogens is 410 g/mol. The van der Waals surface area contributed by atoms with Gasteiger partial charge in [-0.3, -0.25) is 4.98 Å². The van der Waals surface area contributed by atoms with Crippen LogP contribution in [0, 0.1) is 0 Å². The van der Waals surface area contributed by atoms with E-state index in [0.717, 1.165) is 33.0 Å². The van der Waals surface area contributed by atoms with Crippen LogP contribution in [0.3, 0.4) is 0 Å². The zero-order valence-corrected chi connectivity index (χ0v) is 17.7. The predicted molar refractivity (Wildman–Crippen MR) is 120 cm³/mol. The Morgan fingerprint density at radius 2 is 1.81 bits per heavy atom. The fourth-order valence-corrected chi connectivity index (χ4v) is 4.09. The summed E-state index contributed by atoms with van der Waals surface area (Å²) in [5.41, 5.74) is 9.66. The highest BCUT2D eigenvalue weighted by Gasteiger charge is 2.25. The average molecular weight is 432 g/mol. The van der Waals surface area contributed by atoms with E-state index in [2.05, 4.69) is 4.98 Å². The first-order valence-corrected chi connectivity index (χ1v) is 10.5. The van der Waals surface area contributed by atoms with E-state index in [0.29, 0.717) is 5.01 Å². The second-order valence-corrected chi connectivity index (χ2v) is 7.80. The van der Waals surface area contributed by atoms with E-state index >= 15 is 0 Å². The van der Waals surface area contributed by atoms with Gasteiger partial charge in [-0.15, -0.1) is 11.3 Å². The second kappa shape index (κ2) is 9.51. The van der Waals surface area contributed by atoms with E-state index in [1.165, 1.54) is 11.3 Å². The van der Waals surface area contributed by atoms with E-state index in [4.69, 9.17) is 20.2 Å². The summed E-state index contributed by atoms with van der Waals surface area (Å²) in [4.78, 5) is 22.4. The van der Waals surface area contributed by atoms with Gasteiger partial charge in [-0.05, 0) is 35.9 Å². The molecule has 2 aromatic carbocycles. The normalized spacial score (nSPS) is 11.7. The minimum absolute atomic E-state index is 0.166. The maximum absolute atomic E-state index is 12.6. The number of carbonyl (C=O) groups excluding carboxylic acids is 1. The average Bonchev–Trinajstić information content (AvgIpc) is 3.29. The maximum atomic E-state index is 12.6. The number of thiazole rings is 1. The molecule has 0 saturated heterocycles. The smallest absolute Gasteiger partial charge is 0.330 e. The van der Waals surface area contributed by atoms with Crippen molar-refractivity contribution in [1.82, 2.24) is 9.97 Å². The molecule has 0 radical (unpaired) electrons. The Kier molecular flexibility index (Phi) is 6.35. The van der Waals surface area contributed by atoms with Gasteiger partial charge in [0.2, 0.25) is 0 Å². The molecule has 0 saturated carbocycles. The largest absolute Gasteiger partial charge is 0.497 e. The van der Waals surface area contributed by atoms with Crippen LogP contribution in [0.5, 0.6) is 5.75 Å². The van der Waals surface area contributed by atoms with E-state index < -0.39 is 12.0 Å². The molecule has 0 bridgehead atoms. The second-order valence-electron chi connectivity index (χ2n) is 6.77. The van der Waals surface area contributed by atoms with Gasteiger partial charge in [-0.2, -0.15) is 0 Å². The number of benzene rings is 2. The molecule has 2 N–H and O–H groups in total. The van der Waals surface area contributed by atoms with E-state index in [-0.39, 0.29) is 6.61 Å². The van der Waals surface area contributed by atoms with Crippen LogP contribution in [0.2, 0.25) is 0 Å². The molecule has 0 amide bonds. The molecule has 1 atom stereocenters. The van der Waals surface area contributed by atoms with E-state index in [1.54, 1.807) is 19.5 Å². The zero-order chi connectivity index (χ0) is 21.6. The van der Waals surface area contributed by atoms with Gasteiger partial charge in [0.1, 0.15) is 17.4 Å². The number of hydrogen-bond donors (Lipinski definition) is 1. The molecule has 0 fully saturated rings. The van der Waals surface area contributed by atoms with Crippen molar-refractivity contribution in [2.75, 3.05) is 7.11 Å². The molecule has 4 aromatic rings. The van der Waals surface area contributed by atoms with Crippen molar-refractivity contribution in [3.05, 3.63) is 89.7 Å². The summed E-state index contributed by atoms with van der Waals surface area (Å²) in [6.45, 7) is 0.166. The topological polar surface area (TPSA) is 87.3 Å². The van der Waals surface area contributed by atoms with Crippen LogP contribution in [-0.2, 0) is 16.1 Å². The lowest BCUT2D eigenvalue weighted by Gasteiger charge is -2.09. The minimum Gasteiger partial charge on any atom is -0.497 e. The van der Waals surface area contributed by atoms with Crippen LogP contribution in [0.25, 0.3) is 21.7 Å². The SMILES string of the molecule is COc1ccc(-c2nc(C(N)C(=O)OCc3ccccc3)sc2-c2cccnc2)cc1. The zero-order valence-electron chi connectivity index (χ0n) is 16.9. The standard InChI is InChI=1S/C24H21N3O3S/c1-29-19-11-9-17(10-12-19)21-22(18-8-5-13-26-14-18)31-23(27-21)20(25)24(28)30-15-16-6-3-2-4-7-16/h2-14,20H,15,25H2,1H3. The van der Waals surface area contributed by atoms with E-state index in [9.17, 15) is 4.79 Å². The van der Waals surface area contributed by atoms with Crippen LogP contribution in [0.1, 0.15) is 16.6 Å². The van der Waals surface area contributed by atoms with Crippen molar-refractivity contribution in [2.24, 2.45) is 5.73 Å². The Hall–Kier alpha value is -3.55. The first kappa shape index (κ1) is 20.7. The van der Waals surface area contributed by atoms with Crippen LogP contribution in [0.15, 0.2) is 79.1 Å². The molecule has 156 valence electrons. The van der Waals surface area contributed by atoms with Gasteiger partial charge in [0.05, 0.1) is 17.7 Å². The molecule has 1 unspecified atom stereocenters. The number of hydrogen-bond acceptors (Lipinski definition) is 7. The number of nitrogens with zero attached hydrogens (tertiary/aromatic N) is 2.